The van der Waals surface area contributed by atoms with Crippen LogP contribution in [0.3, 0.4) is 0 Å². The molecule has 2 N–H and O–H groups in total. The molecular weight excluding hydrogens is 267 g/mol. The van der Waals surface area contributed by atoms with Crippen LogP contribution in [0.4, 0.5) is 13.2 Å². The molecule has 0 amide bonds. The average Bonchev–Trinajstić information content (AvgIpc) is 2.42. The van der Waals surface area contributed by atoms with Gasteiger partial charge in [-0.25, -0.2) is 0 Å². The maximum absolute atomic E-state index is 12.9. The predicted molar refractivity (Wildman–Crippen MR) is 73.3 cm³/mol. The molecule has 0 saturated carbocycles. The highest BCUT2D eigenvalue weighted by atomic mass is 19.4. The predicted octanol–water partition coefficient (Wildman–Crippen LogP) is 3.76. The second kappa shape index (κ2) is 7.64. The molecule has 5 heteroatoms. The molecule has 0 spiro atoms. The molecule has 2 atom stereocenters. The summed E-state index contributed by atoms with van der Waals surface area (Å²) >= 11 is 0. The maximum atomic E-state index is 12.9. The Bertz CT molecular complexity index is 406. The van der Waals surface area contributed by atoms with Crippen LogP contribution in [-0.2, 0) is 6.18 Å². The Morgan fingerprint density at radius 2 is 1.90 bits per heavy atom. The molecule has 1 rings (SSSR count). The summed E-state index contributed by atoms with van der Waals surface area (Å²) in [5, 5.41) is 12.1. The topological polar surface area (TPSA) is 32.3 Å². The van der Waals surface area contributed by atoms with Crippen molar-refractivity contribution < 1.29 is 18.3 Å². The standard InChI is InChI=1S/C15H22F3NO/c1-3-12(8-9-20)10-19-11(2)13-6-4-5-7-14(13)15(16,17)18/h4-7,11-12,19-20H,3,8-10H2,1-2H3. The summed E-state index contributed by atoms with van der Waals surface area (Å²) in [5.41, 5.74) is -0.325. The van der Waals surface area contributed by atoms with Gasteiger partial charge in [0.25, 0.3) is 0 Å². The molecule has 1 aromatic carbocycles. The van der Waals surface area contributed by atoms with E-state index in [2.05, 4.69) is 5.32 Å². The summed E-state index contributed by atoms with van der Waals surface area (Å²) in [4.78, 5) is 0. The van der Waals surface area contributed by atoms with E-state index in [1.807, 2.05) is 6.92 Å². The van der Waals surface area contributed by atoms with Crippen LogP contribution in [0, 0.1) is 5.92 Å². The van der Waals surface area contributed by atoms with E-state index in [1.54, 1.807) is 13.0 Å². The van der Waals surface area contributed by atoms with Crippen LogP contribution in [0.2, 0.25) is 0 Å². The average molecular weight is 289 g/mol. The molecule has 2 nitrogen and oxygen atoms in total. The van der Waals surface area contributed by atoms with E-state index in [0.29, 0.717) is 13.0 Å². The van der Waals surface area contributed by atoms with Crippen LogP contribution in [0.15, 0.2) is 24.3 Å². The van der Waals surface area contributed by atoms with E-state index in [9.17, 15) is 13.2 Å². The van der Waals surface area contributed by atoms with Gasteiger partial charge in [0.2, 0.25) is 0 Å². The minimum absolute atomic E-state index is 0.105. The molecule has 0 bridgehead atoms. The lowest BCUT2D eigenvalue weighted by atomic mass is 9.99. The molecule has 2 unspecified atom stereocenters. The normalized spacial score (nSPS) is 15.1. The number of benzene rings is 1. The van der Waals surface area contributed by atoms with Crippen molar-refractivity contribution in [3.8, 4) is 0 Å². The molecule has 0 aliphatic heterocycles. The summed E-state index contributed by atoms with van der Waals surface area (Å²) in [6, 6.07) is 5.26. The van der Waals surface area contributed by atoms with E-state index in [-0.39, 0.29) is 24.1 Å². The van der Waals surface area contributed by atoms with Crippen molar-refractivity contribution in [3.05, 3.63) is 35.4 Å². The lowest BCUT2D eigenvalue weighted by Gasteiger charge is -2.22. The Labute approximate surface area is 118 Å². The molecule has 0 aliphatic rings. The molecule has 114 valence electrons. The Hall–Kier alpha value is -1.07. The number of hydrogen-bond donors (Lipinski definition) is 2. The van der Waals surface area contributed by atoms with Crippen molar-refractivity contribution >= 4 is 0 Å². The molecular formula is C15H22F3NO. The first-order chi connectivity index (χ1) is 9.40. The van der Waals surface area contributed by atoms with Crippen molar-refractivity contribution in [2.75, 3.05) is 13.2 Å². The van der Waals surface area contributed by atoms with E-state index in [0.717, 1.165) is 12.5 Å². The monoisotopic (exact) mass is 289 g/mol. The van der Waals surface area contributed by atoms with Gasteiger partial charge in [-0.3, -0.25) is 0 Å². The van der Waals surface area contributed by atoms with Gasteiger partial charge in [-0.1, -0.05) is 31.5 Å². The van der Waals surface area contributed by atoms with E-state index in [1.165, 1.54) is 12.1 Å². The summed E-state index contributed by atoms with van der Waals surface area (Å²) in [5.74, 6) is 0.278. The number of aliphatic hydroxyl groups is 1. The maximum Gasteiger partial charge on any atom is 0.416 e. The van der Waals surface area contributed by atoms with Crippen LogP contribution >= 0.6 is 0 Å². The van der Waals surface area contributed by atoms with Crippen LogP contribution in [0.1, 0.15) is 43.9 Å². The third-order valence-electron chi connectivity index (χ3n) is 3.56. The first kappa shape index (κ1) is 17.0. The fraction of sp³-hybridized carbons (Fsp3) is 0.600. The van der Waals surface area contributed by atoms with Gasteiger partial charge in [-0.2, -0.15) is 13.2 Å². The second-order valence-corrected chi connectivity index (χ2v) is 5.00. The number of nitrogens with one attached hydrogen (secondary N) is 1. The van der Waals surface area contributed by atoms with Crippen molar-refractivity contribution in [3.63, 3.8) is 0 Å². The lowest BCUT2D eigenvalue weighted by Crippen LogP contribution is -2.27. The zero-order chi connectivity index (χ0) is 15.2. The second-order valence-electron chi connectivity index (χ2n) is 5.00. The first-order valence-electron chi connectivity index (χ1n) is 6.90. The fourth-order valence-corrected chi connectivity index (χ4v) is 2.22. The zero-order valence-electron chi connectivity index (χ0n) is 11.9. The van der Waals surface area contributed by atoms with Crippen molar-refractivity contribution in [2.45, 2.75) is 38.9 Å². The fourth-order valence-electron chi connectivity index (χ4n) is 2.22. The minimum Gasteiger partial charge on any atom is -0.396 e. The Balaban J connectivity index is 2.75. The number of hydrogen-bond acceptors (Lipinski definition) is 2. The Morgan fingerprint density at radius 1 is 1.25 bits per heavy atom. The van der Waals surface area contributed by atoms with Crippen molar-refractivity contribution in [2.24, 2.45) is 5.92 Å². The molecule has 0 radical (unpaired) electrons. The largest absolute Gasteiger partial charge is 0.416 e. The van der Waals surface area contributed by atoms with Gasteiger partial charge in [0.15, 0.2) is 0 Å². The number of halogens is 3. The van der Waals surface area contributed by atoms with Crippen molar-refractivity contribution in [1.29, 1.82) is 0 Å². The van der Waals surface area contributed by atoms with Gasteiger partial charge in [0.1, 0.15) is 0 Å². The van der Waals surface area contributed by atoms with Gasteiger partial charge < -0.3 is 10.4 Å². The Morgan fingerprint density at radius 3 is 2.45 bits per heavy atom. The van der Waals surface area contributed by atoms with Gasteiger partial charge >= 0.3 is 6.18 Å². The Kier molecular flexibility index (Phi) is 6.49. The highest BCUT2D eigenvalue weighted by Crippen LogP contribution is 2.34. The SMILES string of the molecule is CCC(CCO)CNC(C)c1ccccc1C(F)(F)F. The molecule has 0 saturated heterocycles. The molecule has 0 heterocycles. The third kappa shape index (κ3) is 4.80. The summed E-state index contributed by atoms with van der Waals surface area (Å²) in [6.45, 7) is 4.45. The zero-order valence-corrected chi connectivity index (χ0v) is 11.9. The highest BCUT2D eigenvalue weighted by molar-refractivity contribution is 5.32. The molecule has 1 aromatic rings. The molecule has 0 fully saturated rings. The van der Waals surface area contributed by atoms with Gasteiger partial charge in [0, 0.05) is 12.6 Å². The summed E-state index contributed by atoms with van der Waals surface area (Å²) in [6.07, 6.45) is -2.78. The molecule has 0 aromatic heterocycles. The van der Waals surface area contributed by atoms with Crippen LogP contribution in [-0.4, -0.2) is 18.3 Å². The van der Waals surface area contributed by atoms with Crippen LogP contribution in [0.25, 0.3) is 0 Å². The minimum atomic E-state index is -4.33. The smallest absolute Gasteiger partial charge is 0.396 e. The summed E-state index contributed by atoms with van der Waals surface area (Å²) < 4.78 is 38.8. The first-order valence-corrected chi connectivity index (χ1v) is 6.90. The third-order valence-corrected chi connectivity index (χ3v) is 3.56. The quantitative estimate of drug-likeness (QED) is 0.801. The van der Waals surface area contributed by atoms with Gasteiger partial charge in [-0.05, 0) is 37.4 Å². The van der Waals surface area contributed by atoms with Gasteiger partial charge in [0.05, 0.1) is 5.56 Å². The number of rotatable bonds is 7. The summed E-state index contributed by atoms with van der Waals surface area (Å²) in [7, 11) is 0. The molecule has 0 aliphatic carbocycles. The van der Waals surface area contributed by atoms with Crippen molar-refractivity contribution in [1.82, 2.24) is 5.32 Å². The number of aliphatic hydroxyl groups excluding tert-OH is 1. The van der Waals surface area contributed by atoms with Crippen LogP contribution in [0.5, 0.6) is 0 Å². The number of alkyl halides is 3. The van der Waals surface area contributed by atoms with Crippen LogP contribution < -0.4 is 5.32 Å². The molecule has 20 heavy (non-hydrogen) atoms. The highest BCUT2D eigenvalue weighted by Gasteiger charge is 2.34. The van der Waals surface area contributed by atoms with E-state index in [4.69, 9.17) is 5.11 Å². The lowest BCUT2D eigenvalue weighted by molar-refractivity contribution is -0.138. The van der Waals surface area contributed by atoms with Gasteiger partial charge in [-0.15, -0.1) is 0 Å². The van der Waals surface area contributed by atoms with E-state index < -0.39 is 11.7 Å². The van der Waals surface area contributed by atoms with E-state index >= 15 is 0 Å².